The number of halogens is 4. The molecule has 0 aliphatic carbocycles. The molecule has 12 nitrogen and oxygen atoms in total. The lowest BCUT2D eigenvalue weighted by Gasteiger charge is -2.33. The van der Waals surface area contributed by atoms with E-state index in [9.17, 15) is 28.0 Å². The van der Waals surface area contributed by atoms with Crippen LogP contribution in [0.15, 0.2) is 70.4 Å². The Morgan fingerprint density at radius 1 is 0.951 bits per heavy atom. The van der Waals surface area contributed by atoms with Crippen LogP contribution in [0.1, 0.15) is 6.23 Å². The fourth-order valence-corrected chi connectivity index (χ4v) is 5.04. The maximum absolute atomic E-state index is 15.3. The van der Waals surface area contributed by atoms with Crippen molar-refractivity contribution in [3.63, 3.8) is 0 Å². The quantitative estimate of drug-likeness (QED) is 0.246. The molecule has 1 aliphatic rings. The van der Waals surface area contributed by atoms with Crippen molar-refractivity contribution in [3.8, 4) is 23.0 Å². The van der Waals surface area contributed by atoms with Gasteiger partial charge < -0.3 is 28.4 Å². The van der Waals surface area contributed by atoms with Crippen LogP contribution < -0.4 is 29.8 Å². The first-order valence-corrected chi connectivity index (χ1v) is 13.1. The molecule has 1 saturated heterocycles. The van der Waals surface area contributed by atoms with E-state index in [2.05, 4.69) is 0 Å². The van der Waals surface area contributed by atoms with Gasteiger partial charge in [0.25, 0.3) is 12.0 Å². The van der Waals surface area contributed by atoms with Gasteiger partial charge in [-0.3, -0.25) is 18.9 Å². The summed E-state index contributed by atoms with van der Waals surface area (Å²) in [5.74, 6) is -4.39. The van der Waals surface area contributed by atoms with E-state index < -0.39 is 56.0 Å². The molecule has 2 N–H and O–H groups in total. The number of benzene rings is 2. The molecular formula is C24H23F4N2O10P. The van der Waals surface area contributed by atoms with Crippen molar-refractivity contribution >= 4 is 7.82 Å². The van der Waals surface area contributed by atoms with Crippen LogP contribution in [0.3, 0.4) is 0 Å². The fourth-order valence-electron chi connectivity index (χ4n) is 3.79. The first-order valence-electron chi connectivity index (χ1n) is 11.6. The van der Waals surface area contributed by atoms with Gasteiger partial charge in [0.2, 0.25) is 5.60 Å². The number of aliphatic hydroxyl groups excluding tert-OH is 1. The summed E-state index contributed by atoms with van der Waals surface area (Å²) >= 11 is 0. The van der Waals surface area contributed by atoms with Gasteiger partial charge in [-0.05, 0) is 48.5 Å². The molecule has 1 aliphatic heterocycles. The normalized spacial score (nSPS) is 22.0. The second-order valence-corrected chi connectivity index (χ2v) is 10.1. The number of rotatable bonds is 11. The second-order valence-electron chi connectivity index (χ2n) is 8.54. The fraction of sp³-hybridized carbons (Fsp3) is 0.333. The maximum Gasteiger partial charge on any atom is 0.587 e. The molecule has 222 valence electrons. The Balaban J connectivity index is 1.68. The lowest BCUT2D eigenvalue weighted by molar-refractivity contribution is -0.242. The minimum absolute atomic E-state index is 0.175. The molecular weight excluding hydrogens is 583 g/mol. The van der Waals surface area contributed by atoms with Gasteiger partial charge in [0.15, 0.2) is 12.3 Å². The van der Waals surface area contributed by atoms with E-state index in [1.807, 2.05) is 0 Å². The van der Waals surface area contributed by atoms with E-state index in [-0.39, 0.29) is 11.5 Å². The zero-order chi connectivity index (χ0) is 30.0. The number of phosphoric acid groups is 1. The standard InChI is InChI=1S/C24H23F4N2O10P/c1-35-14-3-7-16(8-4-14)39-41(34,40-17-9-5-15(36-2)6-10-17)37-13-23(21(25)26)24(27,28)19(32)20(38-23)30-12-11-18(31)29-22(30)33/h3-12,19-21,32H,13H2,1-2H3,(H,29,31,33)/t19-,20-,23+/m1/s1. The van der Waals surface area contributed by atoms with E-state index >= 15 is 8.78 Å². The summed E-state index contributed by atoms with van der Waals surface area (Å²) in [6.45, 7) is -1.84. The van der Waals surface area contributed by atoms with E-state index in [1.165, 1.54) is 62.8 Å². The number of aliphatic hydroxyl groups is 1. The van der Waals surface area contributed by atoms with Crippen molar-refractivity contribution in [3.05, 3.63) is 81.6 Å². The third-order valence-electron chi connectivity index (χ3n) is 6.01. The summed E-state index contributed by atoms with van der Waals surface area (Å²) < 4.78 is 104. The molecule has 0 saturated carbocycles. The number of H-pyrrole nitrogens is 1. The van der Waals surface area contributed by atoms with Crippen molar-refractivity contribution < 1.29 is 55.0 Å². The highest BCUT2D eigenvalue weighted by Crippen LogP contribution is 2.56. The monoisotopic (exact) mass is 606 g/mol. The molecule has 1 aromatic heterocycles. The summed E-state index contributed by atoms with van der Waals surface area (Å²) in [6.07, 6.45) is -8.80. The predicted octanol–water partition coefficient (Wildman–Crippen LogP) is 3.37. The van der Waals surface area contributed by atoms with Gasteiger partial charge in [0.1, 0.15) is 29.6 Å². The van der Waals surface area contributed by atoms with Gasteiger partial charge in [-0.25, -0.2) is 18.1 Å². The Kier molecular flexibility index (Phi) is 8.49. The van der Waals surface area contributed by atoms with Crippen LogP contribution in [0.25, 0.3) is 0 Å². The van der Waals surface area contributed by atoms with Crippen LogP contribution >= 0.6 is 7.82 Å². The molecule has 41 heavy (non-hydrogen) atoms. The van der Waals surface area contributed by atoms with Gasteiger partial charge in [0.05, 0.1) is 14.2 Å². The van der Waals surface area contributed by atoms with Crippen LogP contribution in [-0.4, -0.2) is 59.5 Å². The third kappa shape index (κ3) is 5.95. The molecule has 3 atom stereocenters. The SMILES string of the molecule is COc1ccc(OP(=O)(OC[C@@]2(C(F)F)O[C@@H](n3ccc(=O)[nH]c3=O)[C@@H](O)C2(F)F)Oc2ccc(OC)cc2)cc1. The van der Waals surface area contributed by atoms with Crippen LogP contribution in [0.2, 0.25) is 0 Å². The molecule has 3 aromatic rings. The summed E-state index contributed by atoms with van der Waals surface area (Å²) in [5.41, 5.74) is -6.18. The number of hydrogen-bond acceptors (Lipinski definition) is 10. The average molecular weight is 606 g/mol. The maximum atomic E-state index is 15.3. The van der Waals surface area contributed by atoms with Gasteiger partial charge in [-0.1, -0.05) is 0 Å². The van der Waals surface area contributed by atoms with Crippen LogP contribution in [0.5, 0.6) is 23.0 Å². The zero-order valence-electron chi connectivity index (χ0n) is 21.2. The molecule has 0 amide bonds. The largest absolute Gasteiger partial charge is 0.587 e. The summed E-state index contributed by atoms with van der Waals surface area (Å²) in [6, 6.07) is 11.4. The molecule has 2 aromatic carbocycles. The number of aromatic nitrogens is 2. The van der Waals surface area contributed by atoms with E-state index in [0.717, 1.165) is 6.07 Å². The first-order chi connectivity index (χ1) is 19.3. The van der Waals surface area contributed by atoms with Gasteiger partial charge in [0, 0.05) is 12.3 Å². The number of alkyl halides is 4. The molecule has 0 spiro atoms. The number of phosphoric ester groups is 1. The Morgan fingerprint density at radius 3 is 1.88 bits per heavy atom. The van der Waals surface area contributed by atoms with Crippen LogP contribution in [0, 0.1) is 0 Å². The van der Waals surface area contributed by atoms with Crippen LogP contribution in [0.4, 0.5) is 17.6 Å². The van der Waals surface area contributed by atoms with E-state index in [4.69, 9.17) is 27.8 Å². The summed E-state index contributed by atoms with van der Waals surface area (Å²) in [5, 5.41) is 10.3. The highest BCUT2D eigenvalue weighted by Gasteiger charge is 2.74. The minimum atomic E-state index is -5.05. The number of methoxy groups -OCH3 is 2. The molecule has 17 heteroatoms. The molecule has 0 unspecified atom stereocenters. The first kappa shape index (κ1) is 30.1. The number of ether oxygens (including phenoxy) is 3. The van der Waals surface area contributed by atoms with Gasteiger partial charge in [-0.15, -0.1) is 0 Å². The molecule has 0 bridgehead atoms. The van der Waals surface area contributed by atoms with Crippen molar-refractivity contribution in [2.24, 2.45) is 0 Å². The van der Waals surface area contributed by atoms with Crippen LogP contribution in [-0.2, 0) is 13.8 Å². The minimum Gasteiger partial charge on any atom is -0.497 e. The number of aromatic amines is 1. The van der Waals surface area contributed by atoms with Crippen molar-refractivity contribution in [1.82, 2.24) is 9.55 Å². The van der Waals surface area contributed by atoms with Crippen molar-refractivity contribution in [2.75, 3.05) is 20.8 Å². The van der Waals surface area contributed by atoms with Crippen molar-refractivity contribution in [1.29, 1.82) is 0 Å². The summed E-state index contributed by atoms with van der Waals surface area (Å²) in [7, 11) is -2.29. The molecule has 1 fully saturated rings. The smallest absolute Gasteiger partial charge is 0.497 e. The molecule has 4 rings (SSSR count). The Labute approximate surface area is 228 Å². The Bertz CT molecular complexity index is 1460. The lowest BCUT2D eigenvalue weighted by atomic mass is 9.95. The highest BCUT2D eigenvalue weighted by atomic mass is 31.2. The Hall–Kier alpha value is -3.85. The zero-order valence-corrected chi connectivity index (χ0v) is 22.1. The van der Waals surface area contributed by atoms with E-state index in [0.29, 0.717) is 22.3 Å². The lowest BCUT2D eigenvalue weighted by Crippen LogP contribution is -2.57. The summed E-state index contributed by atoms with van der Waals surface area (Å²) in [4.78, 5) is 25.2. The number of nitrogens with zero attached hydrogens (tertiary/aromatic N) is 1. The third-order valence-corrected chi connectivity index (χ3v) is 7.32. The van der Waals surface area contributed by atoms with Gasteiger partial charge in [-0.2, -0.15) is 8.78 Å². The Morgan fingerprint density at radius 2 is 1.44 bits per heavy atom. The van der Waals surface area contributed by atoms with Crippen molar-refractivity contribution in [2.45, 2.75) is 30.3 Å². The highest BCUT2D eigenvalue weighted by molar-refractivity contribution is 7.49. The molecule has 2 heterocycles. The van der Waals surface area contributed by atoms with E-state index in [1.54, 1.807) is 4.98 Å². The topological polar surface area (TPSA) is 148 Å². The second kappa shape index (κ2) is 11.6. The van der Waals surface area contributed by atoms with Gasteiger partial charge >= 0.3 is 19.4 Å². The predicted molar refractivity (Wildman–Crippen MR) is 132 cm³/mol. The number of nitrogens with one attached hydrogen (secondary N) is 1. The number of hydrogen-bond donors (Lipinski definition) is 2. The molecule has 0 radical (unpaired) electrons. The average Bonchev–Trinajstić information content (AvgIpc) is 3.14.